The van der Waals surface area contributed by atoms with Crippen LogP contribution in [0.5, 0.6) is 0 Å². The molecule has 0 unspecified atom stereocenters. The largest absolute Gasteiger partial charge is 0.399 e. The van der Waals surface area contributed by atoms with Gasteiger partial charge < -0.3 is 10.6 Å². The molecule has 1 heterocycles. The SMILES string of the molecule is CS(=O)(=O)NC1CCN(C(=O)c2cccc(N)c2)CC1. The molecule has 0 bridgehead atoms. The van der Waals surface area contributed by atoms with E-state index in [1.54, 1.807) is 29.2 Å². The van der Waals surface area contributed by atoms with Gasteiger partial charge in [0.05, 0.1) is 6.26 Å². The van der Waals surface area contributed by atoms with E-state index in [1.165, 1.54) is 0 Å². The smallest absolute Gasteiger partial charge is 0.253 e. The second-order valence-corrected chi connectivity index (χ2v) is 6.86. The first-order valence-electron chi connectivity index (χ1n) is 6.47. The highest BCUT2D eigenvalue weighted by molar-refractivity contribution is 7.88. The summed E-state index contributed by atoms with van der Waals surface area (Å²) in [7, 11) is -3.19. The molecule has 2 rings (SSSR count). The number of anilines is 1. The summed E-state index contributed by atoms with van der Waals surface area (Å²) in [6.07, 6.45) is 2.40. The number of benzene rings is 1. The normalized spacial score (nSPS) is 17.1. The van der Waals surface area contributed by atoms with Crippen LogP contribution in [-0.4, -0.2) is 44.6 Å². The van der Waals surface area contributed by atoms with Crippen LogP contribution in [0.3, 0.4) is 0 Å². The topological polar surface area (TPSA) is 92.5 Å². The molecule has 0 spiro atoms. The lowest BCUT2D eigenvalue weighted by Crippen LogP contribution is -2.46. The Balaban J connectivity index is 1.95. The Kier molecular flexibility index (Phi) is 4.29. The fraction of sp³-hybridized carbons (Fsp3) is 0.462. The summed E-state index contributed by atoms with van der Waals surface area (Å²) < 4.78 is 24.9. The molecule has 1 fully saturated rings. The second-order valence-electron chi connectivity index (χ2n) is 5.08. The number of hydrogen-bond donors (Lipinski definition) is 2. The molecule has 1 saturated heterocycles. The van der Waals surface area contributed by atoms with Gasteiger partial charge in [0.1, 0.15) is 0 Å². The Morgan fingerprint density at radius 2 is 2.00 bits per heavy atom. The van der Waals surface area contributed by atoms with Crippen LogP contribution in [0.2, 0.25) is 0 Å². The van der Waals surface area contributed by atoms with Crippen molar-refractivity contribution >= 4 is 21.6 Å². The number of nitrogen functional groups attached to an aromatic ring is 1. The summed E-state index contributed by atoms with van der Waals surface area (Å²) in [6, 6.07) is 6.79. The maximum absolute atomic E-state index is 12.3. The molecule has 1 amide bonds. The minimum atomic E-state index is -3.19. The van der Waals surface area contributed by atoms with E-state index in [1.807, 2.05) is 0 Å². The van der Waals surface area contributed by atoms with Crippen molar-refractivity contribution in [3.8, 4) is 0 Å². The predicted octanol–water partition coefficient (Wildman–Crippen LogP) is 0.423. The first-order chi connectivity index (χ1) is 9.35. The van der Waals surface area contributed by atoms with Crippen LogP contribution in [0.25, 0.3) is 0 Å². The molecule has 6 nitrogen and oxygen atoms in total. The van der Waals surface area contributed by atoms with Crippen LogP contribution in [0.15, 0.2) is 24.3 Å². The van der Waals surface area contributed by atoms with Gasteiger partial charge in [0.15, 0.2) is 0 Å². The molecule has 0 aliphatic carbocycles. The lowest BCUT2D eigenvalue weighted by molar-refractivity contribution is 0.0711. The van der Waals surface area contributed by atoms with Crippen molar-refractivity contribution in [2.45, 2.75) is 18.9 Å². The minimum Gasteiger partial charge on any atom is -0.399 e. The van der Waals surface area contributed by atoms with Gasteiger partial charge in [-0.2, -0.15) is 0 Å². The van der Waals surface area contributed by atoms with Gasteiger partial charge in [0, 0.05) is 30.4 Å². The van der Waals surface area contributed by atoms with Crippen molar-refractivity contribution in [1.82, 2.24) is 9.62 Å². The number of sulfonamides is 1. The third-order valence-corrected chi connectivity index (χ3v) is 4.06. The standard InChI is InChI=1S/C13H19N3O3S/c1-20(18,19)15-12-5-7-16(8-6-12)13(17)10-3-2-4-11(14)9-10/h2-4,9,12,15H,5-8,14H2,1H3. The minimum absolute atomic E-state index is 0.0601. The molecule has 0 radical (unpaired) electrons. The Bertz CT molecular complexity index is 593. The van der Waals surface area contributed by atoms with E-state index in [9.17, 15) is 13.2 Å². The van der Waals surface area contributed by atoms with Crippen molar-refractivity contribution in [2.24, 2.45) is 0 Å². The van der Waals surface area contributed by atoms with Crippen molar-refractivity contribution < 1.29 is 13.2 Å². The van der Waals surface area contributed by atoms with Crippen molar-refractivity contribution in [1.29, 1.82) is 0 Å². The van der Waals surface area contributed by atoms with E-state index in [0.29, 0.717) is 37.2 Å². The number of nitrogens with zero attached hydrogens (tertiary/aromatic N) is 1. The van der Waals surface area contributed by atoms with Gasteiger partial charge in [-0.05, 0) is 31.0 Å². The zero-order chi connectivity index (χ0) is 14.8. The van der Waals surface area contributed by atoms with Gasteiger partial charge in [-0.3, -0.25) is 4.79 Å². The van der Waals surface area contributed by atoms with Gasteiger partial charge in [-0.15, -0.1) is 0 Å². The number of nitrogens with one attached hydrogen (secondary N) is 1. The first-order valence-corrected chi connectivity index (χ1v) is 8.36. The van der Waals surface area contributed by atoms with Gasteiger partial charge >= 0.3 is 0 Å². The van der Waals surface area contributed by atoms with E-state index in [0.717, 1.165) is 6.26 Å². The van der Waals surface area contributed by atoms with Crippen molar-refractivity contribution in [3.05, 3.63) is 29.8 Å². The molecule has 0 saturated carbocycles. The van der Waals surface area contributed by atoms with Crippen molar-refractivity contribution in [2.75, 3.05) is 25.1 Å². The molecule has 7 heteroatoms. The van der Waals surface area contributed by atoms with Gasteiger partial charge in [-0.1, -0.05) is 6.07 Å². The number of likely N-dealkylation sites (tertiary alicyclic amines) is 1. The number of piperidine rings is 1. The molecular weight excluding hydrogens is 278 g/mol. The van der Waals surface area contributed by atoms with E-state index >= 15 is 0 Å². The summed E-state index contributed by atoms with van der Waals surface area (Å²) in [5, 5.41) is 0. The maximum atomic E-state index is 12.3. The van der Waals surface area contributed by atoms with Crippen molar-refractivity contribution in [3.63, 3.8) is 0 Å². The molecule has 1 aliphatic heterocycles. The number of amides is 1. The highest BCUT2D eigenvalue weighted by atomic mass is 32.2. The van der Waals surface area contributed by atoms with Gasteiger partial charge in [-0.25, -0.2) is 13.1 Å². The Morgan fingerprint density at radius 1 is 1.35 bits per heavy atom. The average Bonchev–Trinajstić information content (AvgIpc) is 2.37. The lowest BCUT2D eigenvalue weighted by atomic mass is 10.0. The van der Waals surface area contributed by atoms with Crippen LogP contribution >= 0.6 is 0 Å². The summed E-state index contributed by atoms with van der Waals surface area (Å²) in [4.78, 5) is 14.0. The van der Waals surface area contributed by atoms with E-state index in [4.69, 9.17) is 5.73 Å². The summed E-state index contributed by atoms with van der Waals surface area (Å²) in [6.45, 7) is 1.08. The number of hydrogen-bond acceptors (Lipinski definition) is 4. The number of nitrogens with two attached hydrogens (primary N) is 1. The average molecular weight is 297 g/mol. The molecule has 1 aromatic carbocycles. The molecule has 0 atom stereocenters. The number of rotatable bonds is 3. The van der Waals surface area contributed by atoms with Gasteiger partial charge in [0.2, 0.25) is 10.0 Å². The zero-order valence-electron chi connectivity index (χ0n) is 11.4. The first kappa shape index (κ1) is 14.8. The molecule has 0 aromatic heterocycles. The maximum Gasteiger partial charge on any atom is 0.253 e. The summed E-state index contributed by atoms with van der Waals surface area (Å²) in [5.41, 5.74) is 6.80. The van der Waals surface area contributed by atoms with Gasteiger partial charge in [0.25, 0.3) is 5.91 Å². The molecule has 110 valence electrons. The fourth-order valence-electron chi connectivity index (χ4n) is 2.36. The summed E-state index contributed by atoms with van der Waals surface area (Å²) in [5.74, 6) is -0.0601. The highest BCUT2D eigenvalue weighted by Gasteiger charge is 2.25. The summed E-state index contributed by atoms with van der Waals surface area (Å²) >= 11 is 0. The van der Waals surface area contributed by atoms with Crippen LogP contribution in [0.1, 0.15) is 23.2 Å². The molecular formula is C13H19N3O3S. The molecule has 20 heavy (non-hydrogen) atoms. The Hall–Kier alpha value is -1.60. The van der Waals surface area contributed by atoms with Crippen LogP contribution in [0.4, 0.5) is 5.69 Å². The molecule has 1 aromatic rings. The monoisotopic (exact) mass is 297 g/mol. The quantitative estimate of drug-likeness (QED) is 0.791. The second kappa shape index (κ2) is 5.80. The third kappa shape index (κ3) is 3.94. The Morgan fingerprint density at radius 3 is 2.55 bits per heavy atom. The van der Waals surface area contributed by atoms with Crippen LogP contribution < -0.4 is 10.5 Å². The number of carbonyl (C=O) groups is 1. The fourth-order valence-corrected chi connectivity index (χ4v) is 3.20. The lowest BCUT2D eigenvalue weighted by Gasteiger charge is -2.32. The highest BCUT2D eigenvalue weighted by Crippen LogP contribution is 2.16. The third-order valence-electron chi connectivity index (χ3n) is 3.30. The van der Waals surface area contributed by atoms with E-state index in [-0.39, 0.29) is 11.9 Å². The zero-order valence-corrected chi connectivity index (χ0v) is 12.2. The Labute approximate surface area is 119 Å². The van der Waals surface area contributed by atoms with E-state index in [2.05, 4.69) is 4.72 Å². The van der Waals surface area contributed by atoms with Crippen LogP contribution in [0, 0.1) is 0 Å². The molecule has 3 N–H and O–H groups in total. The molecule has 1 aliphatic rings. The van der Waals surface area contributed by atoms with Crippen LogP contribution in [-0.2, 0) is 10.0 Å². The van der Waals surface area contributed by atoms with E-state index < -0.39 is 10.0 Å². The predicted molar refractivity (Wildman–Crippen MR) is 77.8 cm³/mol. The number of carbonyl (C=O) groups excluding carboxylic acids is 1.